The van der Waals surface area contributed by atoms with E-state index in [0.717, 1.165) is 15.2 Å². The standard InChI is InChI=1S/C21H22N2O5S2/c1-15(24)16-9-11-17(12-10-16)30(26,27)23(2)13-5-8-21(25)28-14-20-22-18-6-3-4-7-19(18)29-20/h3-4,6-7,9-12H,5,8,13-14H2,1-2H3. The molecule has 0 aliphatic carbocycles. The highest BCUT2D eigenvalue weighted by molar-refractivity contribution is 7.89. The first-order valence-corrected chi connectivity index (χ1v) is 11.6. The van der Waals surface area contributed by atoms with E-state index in [1.165, 1.54) is 53.9 Å². The van der Waals surface area contributed by atoms with Crippen LogP contribution in [0.15, 0.2) is 53.4 Å². The lowest BCUT2D eigenvalue weighted by Gasteiger charge is -2.17. The molecule has 0 saturated heterocycles. The van der Waals surface area contributed by atoms with E-state index >= 15 is 0 Å². The van der Waals surface area contributed by atoms with Gasteiger partial charge in [0.05, 0.1) is 15.1 Å². The van der Waals surface area contributed by atoms with Gasteiger partial charge >= 0.3 is 5.97 Å². The van der Waals surface area contributed by atoms with Gasteiger partial charge < -0.3 is 4.74 Å². The van der Waals surface area contributed by atoms with Gasteiger partial charge in [-0.3, -0.25) is 9.59 Å². The van der Waals surface area contributed by atoms with Crippen LogP contribution in [0.2, 0.25) is 0 Å². The number of rotatable bonds is 9. The number of aromatic nitrogens is 1. The number of sulfonamides is 1. The van der Waals surface area contributed by atoms with Gasteiger partial charge in [-0.05, 0) is 37.6 Å². The summed E-state index contributed by atoms with van der Waals surface area (Å²) in [5, 5.41) is 0.721. The lowest BCUT2D eigenvalue weighted by Crippen LogP contribution is -2.28. The zero-order valence-electron chi connectivity index (χ0n) is 16.7. The number of ether oxygens (including phenoxy) is 1. The molecular weight excluding hydrogens is 424 g/mol. The van der Waals surface area contributed by atoms with Gasteiger partial charge in [-0.25, -0.2) is 17.7 Å². The monoisotopic (exact) mass is 446 g/mol. The average molecular weight is 447 g/mol. The second-order valence-corrected chi connectivity index (χ2v) is 9.91. The van der Waals surface area contributed by atoms with Crippen molar-refractivity contribution in [1.29, 1.82) is 0 Å². The van der Waals surface area contributed by atoms with Gasteiger partial charge in [0.1, 0.15) is 11.6 Å². The molecule has 3 rings (SSSR count). The molecule has 0 saturated carbocycles. The molecule has 0 N–H and O–H groups in total. The van der Waals surface area contributed by atoms with Crippen molar-refractivity contribution in [3.63, 3.8) is 0 Å². The van der Waals surface area contributed by atoms with Crippen LogP contribution in [0.1, 0.15) is 35.1 Å². The molecule has 0 spiro atoms. The molecule has 2 aromatic carbocycles. The van der Waals surface area contributed by atoms with Crippen LogP contribution < -0.4 is 0 Å². The van der Waals surface area contributed by atoms with Crippen molar-refractivity contribution in [2.24, 2.45) is 0 Å². The fourth-order valence-corrected chi connectivity index (χ4v) is 4.89. The Balaban J connectivity index is 1.47. The molecule has 9 heteroatoms. The van der Waals surface area contributed by atoms with Crippen molar-refractivity contribution in [1.82, 2.24) is 9.29 Å². The van der Waals surface area contributed by atoms with Gasteiger partial charge in [-0.2, -0.15) is 0 Å². The van der Waals surface area contributed by atoms with E-state index < -0.39 is 16.0 Å². The van der Waals surface area contributed by atoms with E-state index in [1.807, 2.05) is 24.3 Å². The smallest absolute Gasteiger partial charge is 0.306 e. The number of hydrogen-bond acceptors (Lipinski definition) is 7. The third-order valence-electron chi connectivity index (χ3n) is 4.52. The maximum absolute atomic E-state index is 12.6. The summed E-state index contributed by atoms with van der Waals surface area (Å²) >= 11 is 1.47. The van der Waals surface area contributed by atoms with E-state index in [9.17, 15) is 18.0 Å². The number of hydrogen-bond donors (Lipinski definition) is 0. The first kappa shape index (κ1) is 22.1. The fraction of sp³-hybridized carbons (Fsp3) is 0.286. The molecule has 158 valence electrons. The number of fused-ring (bicyclic) bond motifs is 1. The van der Waals surface area contributed by atoms with Gasteiger partial charge in [0, 0.05) is 25.6 Å². The quantitative estimate of drug-likeness (QED) is 0.368. The van der Waals surface area contributed by atoms with E-state index in [2.05, 4.69) is 4.98 Å². The molecule has 0 radical (unpaired) electrons. The highest BCUT2D eigenvalue weighted by Crippen LogP contribution is 2.22. The van der Waals surface area contributed by atoms with Crippen LogP contribution in [0.5, 0.6) is 0 Å². The number of thiazole rings is 1. The number of esters is 1. The number of Topliss-reactive ketones (excluding diaryl/α,β-unsaturated/α-hetero) is 1. The van der Waals surface area contributed by atoms with Crippen molar-refractivity contribution in [2.45, 2.75) is 31.3 Å². The average Bonchev–Trinajstić information content (AvgIpc) is 3.15. The van der Waals surface area contributed by atoms with E-state index in [4.69, 9.17) is 4.74 Å². The summed E-state index contributed by atoms with van der Waals surface area (Å²) in [7, 11) is -2.23. The summed E-state index contributed by atoms with van der Waals surface area (Å²) in [6.07, 6.45) is 0.438. The summed E-state index contributed by atoms with van der Waals surface area (Å²) in [5.41, 5.74) is 1.32. The Labute approximate surface area is 179 Å². The van der Waals surface area contributed by atoms with Crippen LogP contribution in [-0.4, -0.2) is 43.1 Å². The molecule has 1 aromatic heterocycles. The molecule has 0 aliphatic rings. The van der Waals surface area contributed by atoms with E-state index in [1.54, 1.807) is 0 Å². The van der Waals surface area contributed by atoms with Gasteiger partial charge in [-0.1, -0.05) is 24.3 Å². The molecule has 7 nitrogen and oxygen atoms in total. The second kappa shape index (κ2) is 9.46. The summed E-state index contributed by atoms with van der Waals surface area (Å²) in [6.45, 7) is 1.70. The maximum atomic E-state index is 12.6. The van der Waals surface area contributed by atoms with E-state index in [-0.39, 0.29) is 30.3 Å². The summed E-state index contributed by atoms with van der Waals surface area (Å²) in [6, 6.07) is 13.5. The zero-order chi connectivity index (χ0) is 21.7. The van der Waals surface area contributed by atoms with Crippen molar-refractivity contribution < 1.29 is 22.7 Å². The first-order valence-electron chi connectivity index (χ1n) is 9.35. The minimum Gasteiger partial charge on any atom is -0.458 e. The molecule has 3 aromatic rings. The van der Waals surface area contributed by atoms with Crippen molar-refractivity contribution in [2.75, 3.05) is 13.6 Å². The lowest BCUT2D eigenvalue weighted by molar-refractivity contribution is -0.145. The van der Waals surface area contributed by atoms with E-state index in [0.29, 0.717) is 12.0 Å². The van der Waals surface area contributed by atoms with Crippen LogP contribution in [-0.2, 0) is 26.2 Å². The minimum atomic E-state index is -3.69. The van der Waals surface area contributed by atoms with Gasteiger partial charge in [0.25, 0.3) is 0 Å². The maximum Gasteiger partial charge on any atom is 0.306 e. The van der Waals surface area contributed by atoms with Crippen molar-refractivity contribution in [3.8, 4) is 0 Å². The Morgan fingerprint density at radius 2 is 1.80 bits per heavy atom. The molecule has 0 unspecified atom stereocenters. The Hall–Kier alpha value is -2.62. The van der Waals surface area contributed by atoms with Crippen LogP contribution in [0.4, 0.5) is 0 Å². The van der Waals surface area contributed by atoms with Gasteiger partial charge in [0.2, 0.25) is 10.0 Å². The van der Waals surface area contributed by atoms with Crippen LogP contribution >= 0.6 is 11.3 Å². The predicted octanol–water partition coefficient (Wildman–Crippen LogP) is 3.64. The minimum absolute atomic E-state index is 0.105. The topological polar surface area (TPSA) is 93.6 Å². The molecule has 0 amide bonds. The third-order valence-corrected chi connectivity index (χ3v) is 7.40. The number of carbonyl (C=O) groups excluding carboxylic acids is 2. The SMILES string of the molecule is CC(=O)c1ccc(S(=O)(=O)N(C)CCCC(=O)OCc2nc3ccccc3s2)cc1. The predicted molar refractivity (Wildman–Crippen MR) is 115 cm³/mol. The third kappa shape index (κ3) is 5.29. The summed E-state index contributed by atoms with van der Waals surface area (Å²) in [5.74, 6) is -0.525. The highest BCUT2D eigenvalue weighted by Gasteiger charge is 2.21. The number of benzene rings is 2. The molecule has 1 heterocycles. The van der Waals surface area contributed by atoms with Crippen LogP contribution in [0.25, 0.3) is 10.2 Å². The summed E-state index contributed by atoms with van der Waals surface area (Å²) in [4.78, 5) is 27.8. The normalized spacial score (nSPS) is 11.7. The highest BCUT2D eigenvalue weighted by atomic mass is 32.2. The number of ketones is 1. The first-order chi connectivity index (χ1) is 14.3. The summed E-state index contributed by atoms with van der Waals surface area (Å²) < 4.78 is 32.7. The molecule has 30 heavy (non-hydrogen) atoms. The zero-order valence-corrected chi connectivity index (χ0v) is 18.3. The number of para-hydroxylation sites is 1. The van der Waals surface area contributed by atoms with Crippen molar-refractivity contribution >= 4 is 43.3 Å². The Morgan fingerprint density at radius 1 is 1.10 bits per heavy atom. The Bertz CT molecular complexity index is 1120. The fourth-order valence-electron chi connectivity index (χ4n) is 2.80. The van der Waals surface area contributed by atoms with Crippen LogP contribution in [0.3, 0.4) is 0 Å². The molecule has 0 atom stereocenters. The molecule has 0 fully saturated rings. The molecular formula is C21H22N2O5S2. The Kier molecular flexibility index (Phi) is 6.96. The largest absolute Gasteiger partial charge is 0.458 e. The second-order valence-electron chi connectivity index (χ2n) is 6.75. The number of carbonyl (C=O) groups is 2. The Morgan fingerprint density at radius 3 is 2.47 bits per heavy atom. The lowest BCUT2D eigenvalue weighted by atomic mass is 10.2. The van der Waals surface area contributed by atoms with Gasteiger partial charge in [0.15, 0.2) is 5.78 Å². The molecule has 0 bridgehead atoms. The number of nitrogens with zero attached hydrogens (tertiary/aromatic N) is 2. The van der Waals surface area contributed by atoms with Gasteiger partial charge in [-0.15, -0.1) is 11.3 Å². The molecule has 0 aliphatic heterocycles. The van der Waals surface area contributed by atoms with Crippen LogP contribution in [0, 0.1) is 0 Å². The van der Waals surface area contributed by atoms with Crippen molar-refractivity contribution in [3.05, 3.63) is 59.1 Å².